The van der Waals surface area contributed by atoms with Crippen molar-refractivity contribution in [3.8, 4) is 22.8 Å². The van der Waals surface area contributed by atoms with Gasteiger partial charge in [-0.1, -0.05) is 72.8 Å². The van der Waals surface area contributed by atoms with E-state index in [1.807, 2.05) is 102 Å². The number of thiazole rings is 1. The van der Waals surface area contributed by atoms with Crippen molar-refractivity contribution in [3.05, 3.63) is 161 Å². The van der Waals surface area contributed by atoms with Crippen molar-refractivity contribution >= 4 is 57.7 Å². The molecule has 0 aliphatic carbocycles. The van der Waals surface area contributed by atoms with Crippen LogP contribution in [0.1, 0.15) is 21.5 Å². The molecule has 0 unspecified atom stereocenters. The summed E-state index contributed by atoms with van der Waals surface area (Å²) in [7, 11) is 1.61. The van der Waals surface area contributed by atoms with Gasteiger partial charge in [-0.15, -0.1) is 23.1 Å². The number of ether oxygens (including phenoxy) is 2. The molecule has 52 heavy (non-hydrogen) atoms. The van der Waals surface area contributed by atoms with Gasteiger partial charge >= 0.3 is 0 Å². The Balaban J connectivity index is 1.06. The highest BCUT2D eigenvalue weighted by Gasteiger charge is 2.16. The molecule has 0 spiro atoms. The molecule has 0 saturated carbocycles. The Morgan fingerprint density at radius 1 is 0.788 bits per heavy atom. The van der Waals surface area contributed by atoms with E-state index < -0.39 is 11.8 Å². The SMILES string of the molecule is COc1ccccc1-c1csc(NC(=O)CSc2ccc(NC(=O)/C(=C/c3ccc(OCc4ccccc4)cc3)NC(=O)c3ccccc3)cc2)n1. The number of nitrogens with one attached hydrogen (secondary N) is 3. The molecule has 11 heteroatoms. The van der Waals surface area contributed by atoms with Crippen LogP contribution in [0.5, 0.6) is 11.5 Å². The Morgan fingerprint density at radius 3 is 2.21 bits per heavy atom. The number of nitrogens with zero attached hydrogens (tertiary/aromatic N) is 1. The molecule has 260 valence electrons. The van der Waals surface area contributed by atoms with Crippen molar-refractivity contribution in [2.75, 3.05) is 23.5 Å². The van der Waals surface area contributed by atoms with E-state index in [0.717, 1.165) is 21.7 Å². The molecule has 0 fully saturated rings. The second-order valence-corrected chi connectivity index (χ2v) is 13.2. The van der Waals surface area contributed by atoms with Gasteiger partial charge in [0, 0.05) is 27.1 Å². The number of anilines is 2. The quantitative estimate of drug-likeness (QED) is 0.0761. The number of carbonyl (C=O) groups excluding carboxylic acids is 3. The van der Waals surface area contributed by atoms with E-state index in [4.69, 9.17) is 9.47 Å². The van der Waals surface area contributed by atoms with Gasteiger partial charge in [0.25, 0.3) is 11.8 Å². The molecule has 3 amide bonds. The zero-order valence-corrected chi connectivity index (χ0v) is 29.7. The van der Waals surface area contributed by atoms with Crippen molar-refractivity contribution in [2.45, 2.75) is 11.5 Å². The lowest BCUT2D eigenvalue weighted by Crippen LogP contribution is -2.30. The van der Waals surface area contributed by atoms with Gasteiger partial charge in [-0.2, -0.15) is 0 Å². The number of carbonyl (C=O) groups is 3. The van der Waals surface area contributed by atoms with Crippen molar-refractivity contribution < 1.29 is 23.9 Å². The molecule has 1 heterocycles. The fourth-order valence-electron chi connectivity index (χ4n) is 4.96. The third kappa shape index (κ3) is 9.96. The number of amides is 3. The minimum atomic E-state index is -0.496. The summed E-state index contributed by atoms with van der Waals surface area (Å²) in [5.74, 6) is 0.456. The van der Waals surface area contributed by atoms with Crippen LogP contribution < -0.4 is 25.4 Å². The van der Waals surface area contributed by atoms with Gasteiger partial charge in [0.2, 0.25) is 5.91 Å². The van der Waals surface area contributed by atoms with Gasteiger partial charge in [0.05, 0.1) is 18.6 Å². The molecular weight excluding hydrogens is 693 g/mol. The molecule has 0 radical (unpaired) electrons. The second-order valence-electron chi connectivity index (χ2n) is 11.3. The smallest absolute Gasteiger partial charge is 0.272 e. The number of rotatable bonds is 14. The van der Waals surface area contributed by atoms with Crippen LogP contribution >= 0.6 is 23.1 Å². The Hall–Kier alpha value is -6.17. The first kappa shape index (κ1) is 35.6. The van der Waals surface area contributed by atoms with E-state index >= 15 is 0 Å². The van der Waals surface area contributed by atoms with Gasteiger partial charge in [-0.25, -0.2) is 4.98 Å². The van der Waals surface area contributed by atoms with Gasteiger partial charge in [0.15, 0.2) is 5.13 Å². The zero-order chi connectivity index (χ0) is 36.1. The van der Waals surface area contributed by atoms with Crippen molar-refractivity contribution in [1.82, 2.24) is 10.3 Å². The highest BCUT2D eigenvalue weighted by molar-refractivity contribution is 8.00. The van der Waals surface area contributed by atoms with Crippen LogP contribution in [0, 0.1) is 0 Å². The number of thioether (sulfide) groups is 1. The van der Waals surface area contributed by atoms with E-state index in [0.29, 0.717) is 40.1 Å². The summed E-state index contributed by atoms with van der Waals surface area (Å²) >= 11 is 2.70. The number of methoxy groups -OCH3 is 1. The molecule has 0 bridgehead atoms. The van der Waals surface area contributed by atoms with E-state index in [-0.39, 0.29) is 17.4 Å². The van der Waals surface area contributed by atoms with Gasteiger partial charge < -0.3 is 25.4 Å². The number of aromatic nitrogens is 1. The lowest BCUT2D eigenvalue weighted by atomic mass is 10.1. The topological polar surface area (TPSA) is 119 Å². The first-order chi connectivity index (χ1) is 25.4. The van der Waals surface area contributed by atoms with Crippen LogP contribution in [-0.4, -0.2) is 35.6 Å². The largest absolute Gasteiger partial charge is 0.496 e. The summed E-state index contributed by atoms with van der Waals surface area (Å²) in [6.07, 6.45) is 1.61. The molecule has 6 rings (SSSR count). The lowest BCUT2D eigenvalue weighted by Gasteiger charge is -2.12. The number of hydrogen-bond donors (Lipinski definition) is 3. The van der Waals surface area contributed by atoms with Crippen LogP contribution in [0.4, 0.5) is 10.8 Å². The van der Waals surface area contributed by atoms with Crippen LogP contribution in [0.25, 0.3) is 17.3 Å². The predicted molar refractivity (Wildman–Crippen MR) is 208 cm³/mol. The number of benzene rings is 5. The molecule has 6 aromatic rings. The van der Waals surface area contributed by atoms with Crippen LogP contribution in [0.2, 0.25) is 0 Å². The average Bonchev–Trinajstić information content (AvgIpc) is 3.65. The number of para-hydroxylation sites is 1. The Morgan fingerprint density at radius 2 is 1.48 bits per heavy atom. The fourth-order valence-corrected chi connectivity index (χ4v) is 6.38. The molecule has 0 aliphatic rings. The first-order valence-electron chi connectivity index (χ1n) is 16.2. The Labute approximate surface area is 309 Å². The van der Waals surface area contributed by atoms with E-state index in [9.17, 15) is 14.4 Å². The first-order valence-corrected chi connectivity index (χ1v) is 18.1. The van der Waals surface area contributed by atoms with Crippen molar-refractivity contribution in [2.24, 2.45) is 0 Å². The zero-order valence-electron chi connectivity index (χ0n) is 28.1. The summed E-state index contributed by atoms with van der Waals surface area (Å²) in [6, 6.07) is 40.5. The van der Waals surface area contributed by atoms with E-state index in [1.165, 1.54) is 23.1 Å². The maximum Gasteiger partial charge on any atom is 0.272 e. The van der Waals surface area contributed by atoms with Crippen molar-refractivity contribution in [1.29, 1.82) is 0 Å². The summed E-state index contributed by atoms with van der Waals surface area (Å²) < 4.78 is 11.3. The summed E-state index contributed by atoms with van der Waals surface area (Å²) in [4.78, 5) is 44.7. The highest BCUT2D eigenvalue weighted by Crippen LogP contribution is 2.32. The molecule has 5 aromatic carbocycles. The normalized spacial score (nSPS) is 11.0. The molecule has 3 N–H and O–H groups in total. The maximum atomic E-state index is 13.5. The van der Waals surface area contributed by atoms with E-state index in [1.54, 1.807) is 49.6 Å². The third-order valence-electron chi connectivity index (χ3n) is 7.58. The minimum Gasteiger partial charge on any atom is -0.496 e. The third-order valence-corrected chi connectivity index (χ3v) is 9.35. The maximum absolute atomic E-state index is 13.5. The standard InChI is InChI=1S/C41H34N4O5S2/c1-49-37-15-9-8-14-34(37)36-26-52-41(44-36)45-38(46)27-51-33-22-18-31(19-23-33)42-40(48)35(43-39(47)30-12-6-3-7-13-30)24-28-16-20-32(21-17-28)50-25-29-10-4-2-5-11-29/h2-24,26H,25,27H2,1H3,(H,42,48)(H,43,47)(H,44,45,46)/b35-24-. The summed E-state index contributed by atoms with van der Waals surface area (Å²) in [5, 5.41) is 10.9. The Bertz CT molecular complexity index is 2150. The molecule has 0 saturated heterocycles. The van der Waals surface area contributed by atoms with Gasteiger partial charge in [-0.05, 0) is 77.9 Å². The second kappa shape index (κ2) is 17.7. The number of hydrogen-bond acceptors (Lipinski definition) is 8. The Kier molecular flexibility index (Phi) is 12.1. The predicted octanol–water partition coefficient (Wildman–Crippen LogP) is 8.54. The summed E-state index contributed by atoms with van der Waals surface area (Å²) in [5.41, 5.74) is 4.34. The monoisotopic (exact) mass is 726 g/mol. The van der Waals surface area contributed by atoms with Crippen LogP contribution in [0.15, 0.2) is 149 Å². The van der Waals surface area contributed by atoms with Crippen molar-refractivity contribution in [3.63, 3.8) is 0 Å². The van der Waals surface area contributed by atoms with E-state index in [2.05, 4.69) is 20.9 Å². The van der Waals surface area contributed by atoms with Gasteiger partial charge in [-0.3, -0.25) is 14.4 Å². The molecule has 0 aliphatic heterocycles. The summed E-state index contributed by atoms with van der Waals surface area (Å²) in [6.45, 7) is 0.431. The molecular formula is C41H34N4O5S2. The average molecular weight is 727 g/mol. The fraction of sp³-hybridized carbons (Fsp3) is 0.0732. The molecule has 9 nitrogen and oxygen atoms in total. The van der Waals surface area contributed by atoms with Gasteiger partial charge in [0.1, 0.15) is 23.8 Å². The molecule has 0 atom stereocenters. The minimum absolute atomic E-state index is 0.0676. The highest BCUT2D eigenvalue weighted by atomic mass is 32.2. The lowest BCUT2D eigenvalue weighted by molar-refractivity contribution is -0.114. The van der Waals surface area contributed by atoms with Crippen LogP contribution in [0.3, 0.4) is 0 Å². The van der Waals surface area contributed by atoms with Crippen LogP contribution in [-0.2, 0) is 16.2 Å². The molecule has 1 aromatic heterocycles.